The third-order valence-electron chi connectivity index (χ3n) is 3.82. The van der Waals surface area contributed by atoms with Crippen molar-refractivity contribution in [1.29, 1.82) is 0 Å². The third kappa shape index (κ3) is 3.39. The van der Waals surface area contributed by atoms with E-state index in [9.17, 15) is 12.8 Å². The highest BCUT2D eigenvalue weighted by molar-refractivity contribution is 9.10. The molecule has 2 rings (SSSR count). The van der Waals surface area contributed by atoms with Crippen molar-refractivity contribution in [1.82, 2.24) is 4.90 Å². The first-order valence-corrected chi connectivity index (χ1v) is 9.03. The molecular formula is C13H18BrFN2O2S. The second kappa shape index (κ2) is 6.09. The predicted octanol–water partition coefficient (Wildman–Crippen LogP) is 1.71. The molecule has 2 N–H and O–H groups in total. The number of nitrogens with two attached hydrogens (primary N) is 1. The molecule has 112 valence electrons. The first-order valence-electron chi connectivity index (χ1n) is 6.41. The maximum absolute atomic E-state index is 13.2. The van der Waals surface area contributed by atoms with E-state index in [1.54, 1.807) is 6.07 Å². The summed E-state index contributed by atoms with van der Waals surface area (Å²) in [5.74, 6) is 0.0744. The van der Waals surface area contributed by atoms with Gasteiger partial charge >= 0.3 is 0 Å². The average molecular weight is 365 g/mol. The molecule has 0 aliphatic carbocycles. The molecule has 0 aromatic heterocycles. The van der Waals surface area contributed by atoms with Gasteiger partial charge in [-0.15, -0.1) is 0 Å². The lowest BCUT2D eigenvalue weighted by Crippen LogP contribution is -2.39. The van der Waals surface area contributed by atoms with Crippen LogP contribution in [0.15, 0.2) is 22.7 Å². The van der Waals surface area contributed by atoms with Crippen LogP contribution in [-0.2, 0) is 9.84 Å². The van der Waals surface area contributed by atoms with E-state index in [0.717, 1.165) is 5.56 Å². The Kier molecular flexibility index (Phi) is 4.84. The van der Waals surface area contributed by atoms with Crippen LogP contribution in [0, 0.1) is 5.82 Å². The van der Waals surface area contributed by atoms with Crippen LogP contribution in [0.5, 0.6) is 0 Å². The minimum Gasteiger partial charge on any atom is -0.329 e. The van der Waals surface area contributed by atoms with Gasteiger partial charge in [-0.05, 0) is 31.2 Å². The fraction of sp³-hybridized carbons (Fsp3) is 0.538. The fourth-order valence-electron chi connectivity index (χ4n) is 2.64. The maximum atomic E-state index is 13.2. The molecular weight excluding hydrogens is 347 g/mol. The van der Waals surface area contributed by atoms with Crippen molar-refractivity contribution in [2.75, 3.05) is 25.1 Å². The monoisotopic (exact) mass is 364 g/mol. The zero-order valence-electron chi connectivity index (χ0n) is 11.2. The van der Waals surface area contributed by atoms with E-state index in [4.69, 9.17) is 5.73 Å². The van der Waals surface area contributed by atoms with Gasteiger partial charge in [-0.1, -0.05) is 22.0 Å². The Bertz CT molecular complexity index is 594. The second-order valence-corrected chi connectivity index (χ2v) is 8.22. The predicted molar refractivity (Wildman–Crippen MR) is 80.7 cm³/mol. The molecule has 0 amide bonds. The summed E-state index contributed by atoms with van der Waals surface area (Å²) >= 11 is 3.35. The summed E-state index contributed by atoms with van der Waals surface area (Å²) in [5.41, 5.74) is 6.72. The van der Waals surface area contributed by atoms with E-state index < -0.39 is 9.84 Å². The van der Waals surface area contributed by atoms with Gasteiger partial charge in [0.2, 0.25) is 0 Å². The Balaban J connectivity index is 2.23. The van der Waals surface area contributed by atoms with Crippen LogP contribution in [0.25, 0.3) is 0 Å². The van der Waals surface area contributed by atoms with Crippen LogP contribution < -0.4 is 5.73 Å². The van der Waals surface area contributed by atoms with Crippen molar-refractivity contribution in [2.45, 2.75) is 18.5 Å². The van der Waals surface area contributed by atoms with Gasteiger partial charge in [0.15, 0.2) is 9.84 Å². The Labute approximate surface area is 127 Å². The highest BCUT2D eigenvalue weighted by Crippen LogP contribution is 2.30. The van der Waals surface area contributed by atoms with Crippen LogP contribution in [0.3, 0.4) is 0 Å². The largest absolute Gasteiger partial charge is 0.329 e. The molecule has 4 nitrogen and oxygen atoms in total. The summed E-state index contributed by atoms with van der Waals surface area (Å²) < 4.78 is 37.0. The van der Waals surface area contributed by atoms with Gasteiger partial charge in [-0.25, -0.2) is 12.8 Å². The van der Waals surface area contributed by atoms with Crippen molar-refractivity contribution >= 4 is 25.8 Å². The van der Waals surface area contributed by atoms with Crippen molar-refractivity contribution in [3.8, 4) is 0 Å². The third-order valence-corrected chi connectivity index (χ3v) is 6.26. The average Bonchev–Trinajstić information content (AvgIpc) is 2.73. The van der Waals surface area contributed by atoms with E-state index in [1.165, 1.54) is 12.1 Å². The van der Waals surface area contributed by atoms with Crippen molar-refractivity contribution in [2.24, 2.45) is 5.73 Å². The highest BCUT2D eigenvalue weighted by Gasteiger charge is 2.34. The van der Waals surface area contributed by atoms with Gasteiger partial charge in [0.25, 0.3) is 0 Å². The van der Waals surface area contributed by atoms with Gasteiger partial charge in [0.1, 0.15) is 5.82 Å². The lowest BCUT2D eigenvalue weighted by Gasteiger charge is -2.32. The van der Waals surface area contributed by atoms with E-state index in [2.05, 4.69) is 15.9 Å². The number of benzene rings is 1. The SMILES string of the molecule is CN(C1CCS(=O)(=O)C1)C(CN)c1ccc(F)cc1Br. The first-order chi connectivity index (χ1) is 9.34. The molecule has 7 heteroatoms. The first kappa shape index (κ1) is 15.9. The molecule has 2 unspecified atom stereocenters. The number of rotatable bonds is 4. The quantitative estimate of drug-likeness (QED) is 0.883. The standard InChI is InChI=1S/C13H18BrFN2O2S/c1-17(10-4-5-20(18,19)8-10)13(7-16)11-3-2-9(15)6-12(11)14/h2-3,6,10,13H,4-5,7-8,16H2,1H3. The molecule has 0 spiro atoms. The summed E-state index contributed by atoms with van der Waals surface area (Å²) in [5, 5.41) is 0. The number of sulfone groups is 1. The Hall–Kier alpha value is -0.500. The molecule has 20 heavy (non-hydrogen) atoms. The molecule has 0 saturated carbocycles. The molecule has 1 aromatic carbocycles. The van der Waals surface area contributed by atoms with Crippen LogP contribution in [-0.4, -0.2) is 44.5 Å². The Morgan fingerprint density at radius 1 is 1.55 bits per heavy atom. The summed E-state index contributed by atoms with van der Waals surface area (Å²) in [4.78, 5) is 1.99. The van der Waals surface area contributed by atoms with Crippen LogP contribution >= 0.6 is 15.9 Å². The molecule has 2 atom stereocenters. The number of hydrogen-bond acceptors (Lipinski definition) is 4. The van der Waals surface area contributed by atoms with E-state index in [1.807, 2.05) is 11.9 Å². The maximum Gasteiger partial charge on any atom is 0.151 e. The Morgan fingerprint density at radius 2 is 2.25 bits per heavy atom. The van der Waals surface area contributed by atoms with Crippen LogP contribution in [0.1, 0.15) is 18.0 Å². The molecule has 1 aliphatic rings. The highest BCUT2D eigenvalue weighted by atomic mass is 79.9. The van der Waals surface area contributed by atoms with Gasteiger partial charge in [-0.2, -0.15) is 0 Å². The second-order valence-electron chi connectivity index (χ2n) is 5.14. The number of halogens is 2. The summed E-state index contributed by atoms with van der Waals surface area (Å²) in [6.45, 7) is 0.345. The molecule has 1 heterocycles. The number of hydrogen-bond donors (Lipinski definition) is 1. The van der Waals surface area contributed by atoms with Gasteiger partial charge in [0, 0.05) is 23.1 Å². The zero-order chi connectivity index (χ0) is 14.9. The zero-order valence-corrected chi connectivity index (χ0v) is 13.6. The normalized spacial score (nSPS) is 23.1. The summed E-state index contributed by atoms with van der Waals surface area (Å²) in [7, 11) is -1.06. The van der Waals surface area contributed by atoms with E-state index in [-0.39, 0.29) is 29.4 Å². The van der Waals surface area contributed by atoms with Crippen molar-refractivity contribution in [3.63, 3.8) is 0 Å². The summed E-state index contributed by atoms with van der Waals surface area (Å²) in [6.07, 6.45) is 0.619. The van der Waals surface area contributed by atoms with Crippen LogP contribution in [0.4, 0.5) is 4.39 Å². The molecule has 0 radical (unpaired) electrons. The van der Waals surface area contributed by atoms with Crippen molar-refractivity contribution in [3.05, 3.63) is 34.1 Å². The smallest absolute Gasteiger partial charge is 0.151 e. The van der Waals surface area contributed by atoms with Crippen LogP contribution in [0.2, 0.25) is 0 Å². The van der Waals surface area contributed by atoms with Gasteiger partial charge < -0.3 is 5.73 Å². The Morgan fingerprint density at radius 3 is 2.75 bits per heavy atom. The van der Waals surface area contributed by atoms with Gasteiger partial charge in [0.05, 0.1) is 11.5 Å². The van der Waals surface area contributed by atoms with Gasteiger partial charge in [-0.3, -0.25) is 4.90 Å². The summed E-state index contributed by atoms with van der Waals surface area (Å²) in [6, 6.07) is 4.31. The topological polar surface area (TPSA) is 63.4 Å². The van der Waals surface area contributed by atoms with Crippen molar-refractivity contribution < 1.29 is 12.8 Å². The molecule has 1 fully saturated rings. The lowest BCUT2D eigenvalue weighted by atomic mass is 10.0. The minimum absolute atomic E-state index is 0.0366. The number of likely N-dealkylation sites (N-methyl/N-ethyl adjacent to an activating group) is 1. The molecule has 1 aliphatic heterocycles. The fourth-order valence-corrected chi connectivity index (χ4v) is 5.04. The minimum atomic E-state index is -2.94. The molecule has 0 bridgehead atoms. The molecule has 1 aromatic rings. The lowest BCUT2D eigenvalue weighted by molar-refractivity contribution is 0.192. The number of nitrogens with zero attached hydrogens (tertiary/aromatic N) is 1. The van der Waals surface area contributed by atoms with E-state index in [0.29, 0.717) is 17.4 Å². The van der Waals surface area contributed by atoms with E-state index >= 15 is 0 Å². The molecule has 1 saturated heterocycles.